The largest absolute Gasteiger partial charge is 0.497 e. The van der Waals surface area contributed by atoms with Crippen LogP contribution in [0.25, 0.3) is 0 Å². The monoisotopic (exact) mass is 292 g/mol. The molecule has 1 aromatic rings. The molecule has 0 atom stereocenters. The second-order valence-corrected chi connectivity index (χ2v) is 3.51. The van der Waals surface area contributed by atoms with Gasteiger partial charge in [0.1, 0.15) is 11.5 Å². The van der Waals surface area contributed by atoms with Gasteiger partial charge < -0.3 is 9.47 Å². The number of methoxy groups -OCH3 is 2. The van der Waals surface area contributed by atoms with Crippen LogP contribution in [0.4, 0.5) is 0 Å². The Labute approximate surface area is 90.2 Å². The number of halogens is 1. The summed E-state index contributed by atoms with van der Waals surface area (Å²) in [6.07, 6.45) is 0.753. The third kappa shape index (κ3) is 2.12. The number of benzene rings is 1. The minimum atomic E-state index is 0.506. The summed E-state index contributed by atoms with van der Waals surface area (Å²) in [5.41, 5.74) is 0.506. The standard InChI is InChI=1S/C9H9IO3/c1-12-7-3-6(5-11)9(13-2)8(10)4-7/h3-5H,1-2H3. The minimum absolute atomic E-state index is 0.506. The van der Waals surface area contributed by atoms with Crippen molar-refractivity contribution in [3.8, 4) is 11.5 Å². The normalized spacial score (nSPS) is 9.46. The Hall–Kier alpha value is -0.780. The molecule has 0 aromatic heterocycles. The van der Waals surface area contributed by atoms with Crippen LogP contribution in [0.5, 0.6) is 11.5 Å². The number of aldehydes is 1. The maximum atomic E-state index is 10.7. The average molecular weight is 292 g/mol. The van der Waals surface area contributed by atoms with Gasteiger partial charge in [0.15, 0.2) is 6.29 Å². The summed E-state index contributed by atoms with van der Waals surface area (Å²) in [4.78, 5) is 10.7. The molecule has 0 bridgehead atoms. The van der Waals surface area contributed by atoms with Crippen molar-refractivity contribution in [3.63, 3.8) is 0 Å². The highest BCUT2D eigenvalue weighted by Crippen LogP contribution is 2.29. The first-order valence-electron chi connectivity index (χ1n) is 3.59. The van der Waals surface area contributed by atoms with Gasteiger partial charge in [0.05, 0.1) is 23.4 Å². The zero-order valence-corrected chi connectivity index (χ0v) is 9.49. The highest BCUT2D eigenvalue weighted by atomic mass is 127. The van der Waals surface area contributed by atoms with Gasteiger partial charge in [-0.2, -0.15) is 0 Å². The number of hydrogen-bond donors (Lipinski definition) is 0. The Bertz CT molecular complexity index is 323. The number of rotatable bonds is 3. The van der Waals surface area contributed by atoms with Gasteiger partial charge in [-0.3, -0.25) is 4.79 Å². The van der Waals surface area contributed by atoms with Gasteiger partial charge in [-0.15, -0.1) is 0 Å². The van der Waals surface area contributed by atoms with Gasteiger partial charge in [-0.25, -0.2) is 0 Å². The van der Waals surface area contributed by atoms with Gasteiger partial charge in [0.2, 0.25) is 0 Å². The molecule has 13 heavy (non-hydrogen) atoms. The Morgan fingerprint density at radius 3 is 2.46 bits per heavy atom. The molecule has 3 nitrogen and oxygen atoms in total. The van der Waals surface area contributed by atoms with E-state index >= 15 is 0 Å². The quantitative estimate of drug-likeness (QED) is 0.632. The van der Waals surface area contributed by atoms with E-state index in [4.69, 9.17) is 9.47 Å². The summed E-state index contributed by atoms with van der Waals surface area (Å²) < 4.78 is 11.0. The molecule has 0 amide bonds. The van der Waals surface area contributed by atoms with E-state index in [0.29, 0.717) is 17.1 Å². The van der Waals surface area contributed by atoms with Crippen LogP contribution in [0.15, 0.2) is 12.1 Å². The first kappa shape index (κ1) is 10.3. The van der Waals surface area contributed by atoms with Crippen LogP contribution < -0.4 is 9.47 Å². The zero-order chi connectivity index (χ0) is 9.84. The van der Waals surface area contributed by atoms with Gasteiger partial charge in [0, 0.05) is 0 Å². The fraction of sp³-hybridized carbons (Fsp3) is 0.222. The third-order valence-electron chi connectivity index (χ3n) is 1.61. The fourth-order valence-electron chi connectivity index (χ4n) is 1.01. The molecule has 70 valence electrons. The van der Waals surface area contributed by atoms with E-state index in [1.807, 2.05) is 6.07 Å². The molecule has 0 saturated heterocycles. The summed E-state index contributed by atoms with van der Waals surface area (Å²) in [5.74, 6) is 1.25. The van der Waals surface area contributed by atoms with Crippen molar-refractivity contribution in [1.82, 2.24) is 0 Å². The van der Waals surface area contributed by atoms with E-state index < -0.39 is 0 Å². The summed E-state index contributed by atoms with van der Waals surface area (Å²) in [7, 11) is 3.10. The Kier molecular flexibility index (Phi) is 3.53. The molecule has 0 aliphatic rings. The van der Waals surface area contributed by atoms with Crippen molar-refractivity contribution in [2.75, 3.05) is 14.2 Å². The molecule has 1 aromatic carbocycles. The first-order chi connectivity index (χ1) is 6.22. The molecule has 0 fully saturated rings. The average Bonchev–Trinajstić information content (AvgIpc) is 2.16. The van der Waals surface area contributed by atoms with Gasteiger partial charge in [-0.05, 0) is 34.7 Å². The number of ether oxygens (including phenoxy) is 2. The summed E-state index contributed by atoms with van der Waals surface area (Å²) >= 11 is 2.09. The summed E-state index contributed by atoms with van der Waals surface area (Å²) in [6.45, 7) is 0. The SMILES string of the molecule is COc1cc(I)c(OC)c(C=O)c1. The van der Waals surface area contributed by atoms with Crippen molar-refractivity contribution in [2.24, 2.45) is 0 Å². The van der Waals surface area contributed by atoms with E-state index in [-0.39, 0.29) is 0 Å². The van der Waals surface area contributed by atoms with Crippen LogP contribution in [0.2, 0.25) is 0 Å². The van der Waals surface area contributed by atoms with E-state index in [1.165, 1.54) is 7.11 Å². The molecular formula is C9H9IO3. The van der Waals surface area contributed by atoms with E-state index in [0.717, 1.165) is 9.86 Å². The molecule has 0 aliphatic carbocycles. The predicted molar refractivity (Wildman–Crippen MR) is 57.7 cm³/mol. The fourth-order valence-corrected chi connectivity index (χ4v) is 1.85. The van der Waals surface area contributed by atoms with Crippen molar-refractivity contribution >= 4 is 28.9 Å². The van der Waals surface area contributed by atoms with Gasteiger partial charge >= 0.3 is 0 Å². The van der Waals surface area contributed by atoms with E-state index in [2.05, 4.69) is 22.6 Å². The number of carbonyl (C=O) groups is 1. The topological polar surface area (TPSA) is 35.5 Å². The summed E-state index contributed by atoms with van der Waals surface area (Å²) in [5, 5.41) is 0. The van der Waals surface area contributed by atoms with Crippen LogP contribution in [0.3, 0.4) is 0 Å². The molecule has 1 rings (SSSR count). The Balaban J connectivity index is 3.28. The Morgan fingerprint density at radius 2 is 2.00 bits per heavy atom. The second-order valence-electron chi connectivity index (χ2n) is 2.35. The number of carbonyl (C=O) groups excluding carboxylic acids is 1. The van der Waals surface area contributed by atoms with Crippen LogP contribution >= 0.6 is 22.6 Å². The number of hydrogen-bond acceptors (Lipinski definition) is 3. The lowest BCUT2D eigenvalue weighted by molar-refractivity contribution is 0.112. The Morgan fingerprint density at radius 1 is 1.31 bits per heavy atom. The highest BCUT2D eigenvalue weighted by molar-refractivity contribution is 14.1. The lowest BCUT2D eigenvalue weighted by Gasteiger charge is -2.08. The van der Waals surface area contributed by atoms with Crippen LogP contribution in [-0.4, -0.2) is 20.5 Å². The van der Waals surface area contributed by atoms with E-state index in [1.54, 1.807) is 13.2 Å². The van der Waals surface area contributed by atoms with E-state index in [9.17, 15) is 4.79 Å². The van der Waals surface area contributed by atoms with Crippen molar-refractivity contribution in [3.05, 3.63) is 21.3 Å². The lowest BCUT2D eigenvalue weighted by Crippen LogP contribution is -1.95. The van der Waals surface area contributed by atoms with Gasteiger partial charge in [-0.1, -0.05) is 0 Å². The molecular weight excluding hydrogens is 283 g/mol. The van der Waals surface area contributed by atoms with Crippen LogP contribution in [0, 0.1) is 3.57 Å². The maximum Gasteiger partial charge on any atom is 0.153 e. The molecule has 0 heterocycles. The molecule has 0 saturated carbocycles. The van der Waals surface area contributed by atoms with Crippen molar-refractivity contribution in [1.29, 1.82) is 0 Å². The summed E-state index contributed by atoms with van der Waals surface area (Å²) in [6, 6.07) is 3.46. The molecule has 0 unspecified atom stereocenters. The zero-order valence-electron chi connectivity index (χ0n) is 7.33. The maximum absolute atomic E-state index is 10.7. The van der Waals surface area contributed by atoms with Crippen molar-refractivity contribution < 1.29 is 14.3 Å². The lowest BCUT2D eigenvalue weighted by atomic mass is 10.2. The molecule has 0 aliphatic heterocycles. The van der Waals surface area contributed by atoms with Crippen LogP contribution in [-0.2, 0) is 0 Å². The second kappa shape index (κ2) is 4.45. The molecule has 0 N–H and O–H groups in total. The van der Waals surface area contributed by atoms with Crippen LogP contribution in [0.1, 0.15) is 10.4 Å². The highest BCUT2D eigenvalue weighted by Gasteiger charge is 2.08. The van der Waals surface area contributed by atoms with Crippen molar-refractivity contribution in [2.45, 2.75) is 0 Å². The smallest absolute Gasteiger partial charge is 0.153 e. The third-order valence-corrected chi connectivity index (χ3v) is 2.41. The molecule has 4 heteroatoms. The molecule has 0 spiro atoms. The molecule has 0 radical (unpaired) electrons. The predicted octanol–water partition coefficient (Wildman–Crippen LogP) is 2.12. The first-order valence-corrected chi connectivity index (χ1v) is 4.67. The minimum Gasteiger partial charge on any atom is -0.497 e. The van der Waals surface area contributed by atoms with Gasteiger partial charge in [0.25, 0.3) is 0 Å².